The van der Waals surface area contributed by atoms with E-state index in [1.807, 2.05) is 0 Å². The zero-order valence-electron chi connectivity index (χ0n) is 18.2. The van der Waals surface area contributed by atoms with E-state index in [4.69, 9.17) is 19.9 Å². The van der Waals surface area contributed by atoms with Crippen molar-refractivity contribution in [2.24, 2.45) is 10.7 Å². The van der Waals surface area contributed by atoms with Gasteiger partial charge < -0.3 is 25.3 Å². The molecule has 0 aromatic carbocycles. The van der Waals surface area contributed by atoms with Crippen molar-refractivity contribution in [3.8, 4) is 5.75 Å². The van der Waals surface area contributed by atoms with Crippen LogP contribution in [-0.2, 0) is 9.47 Å². The zero-order valence-corrected chi connectivity index (χ0v) is 18.2. The van der Waals surface area contributed by atoms with E-state index in [2.05, 4.69) is 34.1 Å². The Morgan fingerprint density at radius 1 is 1.30 bits per heavy atom. The Morgan fingerprint density at radius 3 is 2.63 bits per heavy atom. The van der Waals surface area contributed by atoms with Crippen LogP contribution >= 0.6 is 0 Å². The molecule has 0 unspecified atom stereocenters. The lowest BCUT2D eigenvalue weighted by molar-refractivity contribution is 0.0546. The molecule has 1 heterocycles. The van der Waals surface area contributed by atoms with Gasteiger partial charge in [-0.15, -0.1) is 0 Å². The van der Waals surface area contributed by atoms with Crippen LogP contribution in [0.25, 0.3) is 0 Å². The number of alkyl carbamates (subject to hydrolysis) is 1. The largest absolute Gasteiger partial charge is 0.490 e. The van der Waals surface area contributed by atoms with Crippen molar-refractivity contribution in [1.82, 2.24) is 15.6 Å². The molecule has 9 nitrogen and oxygen atoms in total. The molecule has 0 radical (unpaired) electrons. The molecule has 1 amide bonds. The highest BCUT2D eigenvalue weighted by Gasteiger charge is 2.16. The van der Waals surface area contributed by atoms with Crippen molar-refractivity contribution in [3.05, 3.63) is 48.5 Å². The van der Waals surface area contributed by atoms with Crippen molar-refractivity contribution in [2.75, 3.05) is 19.8 Å². The normalized spacial score (nSPS) is 12.1. The van der Waals surface area contributed by atoms with Gasteiger partial charge in [-0.1, -0.05) is 19.9 Å². The van der Waals surface area contributed by atoms with Gasteiger partial charge in [-0.25, -0.2) is 9.79 Å². The lowest BCUT2D eigenvalue weighted by Gasteiger charge is -2.19. The van der Waals surface area contributed by atoms with Gasteiger partial charge in [-0.05, 0) is 39.3 Å². The molecule has 1 aromatic heterocycles. The first-order valence-corrected chi connectivity index (χ1v) is 9.83. The third kappa shape index (κ3) is 11.6. The molecule has 0 fully saturated rings. The Bertz CT molecular complexity index is 727. The van der Waals surface area contributed by atoms with E-state index in [0.29, 0.717) is 30.5 Å². The average molecular weight is 420 g/mol. The molecule has 0 aliphatic heterocycles. The average Bonchev–Trinajstić information content (AvgIpc) is 2.66. The first kappa shape index (κ1) is 24.8. The van der Waals surface area contributed by atoms with Crippen molar-refractivity contribution in [1.29, 1.82) is 0 Å². The maximum Gasteiger partial charge on any atom is 0.413 e. The topological polar surface area (TPSA) is 120 Å². The van der Waals surface area contributed by atoms with Gasteiger partial charge in [-0.2, -0.15) is 0 Å². The Kier molecular flexibility index (Phi) is 10.8. The number of unbranched alkanes of at least 4 members (excludes halogenated alkanes) is 1. The highest BCUT2D eigenvalue weighted by atomic mass is 16.6. The highest BCUT2D eigenvalue weighted by molar-refractivity contribution is 5.78. The van der Waals surface area contributed by atoms with Crippen LogP contribution in [0.4, 0.5) is 4.79 Å². The number of pyridine rings is 1. The summed E-state index contributed by atoms with van der Waals surface area (Å²) in [5.74, 6) is 1.44. The van der Waals surface area contributed by atoms with Crippen LogP contribution in [0.2, 0.25) is 0 Å². The minimum atomic E-state index is -0.643. The van der Waals surface area contributed by atoms with Gasteiger partial charge in [0.25, 0.3) is 0 Å². The van der Waals surface area contributed by atoms with Crippen LogP contribution in [0.1, 0.15) is 40.5 Å². The van der Waals surface area contributed by atoms with Crippen LogP contribution in [0.15, 0.2) is 53.5 Å². The fourth-order valence-corrected chi connectivity index (χ4v) is 2.01. The van der Waals surface area contributed by atoms with Gasteiger partial charge in [0.15, 0.2) is 5.76 Å². The number of amides is 1. The predicted molar refractivity (Wildman–Crippen MR) is 117 cm³/mol. The molecule has 0 aliphatic rings. The summed E-state index contributed by atoms with van der Waals surface area (Å²) in [7, 11) is 0. The van der Waals surface area contributed by atoms with E-state index >= 15 is 0 Å². The second-order valence-corrected chi connectivity index (χ2v) is 7.27. The van der Waals surface area contributed by atoms with E-state index in [9.17, 15) is 4.79 Å². The Labute approximate surface area is 178 Å². The Balaban J connectivity index is 2.65. The van der Waals surface area contributed by atoms with E-state index in [0.717, 1.165) is 12.8 Å². The van der Waals surface area contributed by atoms with Gasteiger partial charge in [-0.3, -0.25) is 10.3 Å². The van der Waals surface area contributed by atoms with Gasteiger partial charge >= 0.3 is 6.09 Å². The van der Waals surface area contributed by atoms with Crippen molar-refractivity contribution < 1.29 is 19.0 Å². The number of carbonyl (C=O) groups is 1. The van der Waals surface area contributed by atoms with Crippen LogP contribution < -0.4 is 21.1 Å². The molecule has 1 rings (SSSR count). The summed E-state index contributed by atoms with van der Waals surface area (Å²) in [5.41, 5.74) is 5.46. The minimum absolute atomic E-state index is 0.0970. The molecule has 4 N–H and O–H groups in total. The lowest BCUT2D eigenvalue weighted by Crippen LogP contribution is -2.31. The van der Waals surface area contributed by atoms with Gasteiger partial charge in [0.2, 0.25) is 0 Å². The SMILES string of the molecule is C=C(/N=C\C(OCCOc1ccncc1)=C(/N)NCCCC)NC(=O)OC(C)(C)C. The maximum atomic E-state index is 11.8. The molecule has 0 saturated carbocycles. The molecule has 1 aromatic rings. The number of nitrogens with one attached hydrogen (secondary N) is 2. The van der Waals surface area contributed by atoms with Gasteiger partial charge in [0.1, 0.15) is 36.2 Å². The number of aromatic nitrogens is 1. The lowest BCUT2D eigenvalue weighted by atomic mass is 10.2. The van der Waals surface area contributed by atoms with E-state index < -0.39 is 11.7 Å². The summed E-state index contributed by atoms with van der Waals surface area (Å²) in [6, 6.07) is 3.51. The van der Waals surface area contributed by atoms with Gasteiger partial charge in [0, 0.05) is 18.9 Å². The smallest absolute Gasteiger partial charge is 0.413 e. The summed E-state index contributed by atoms with van der Waals surface area (Å²) in [4.78, 5) is 19.8. The predicted octanol–water partition coefficient (Wildman–Crippen LogP) is 3.06. The zero-order chi connectivity index (χ0) is 22.4. The molecular formula is C21H33N5O4. The van der Waals surface area contributed by atoms with Crippen LogP contribution in [-0.4, -0.2) is 42.7 Å². The van der Waals surface area contributed by atoms with Crippen LogP contribution in [0.5, 0.6) is 5.75 Å². The first-order valence-electron chi connectivity index (χ1n) is 9.83. The van der Waals surface area contributed by atoms with Crippen LogP contribution in [0, 0.1) is 0 Å². The quantitative estimate of drug-likeness (QED) is 0.270. The number of ether oxygens (including phenoxy) is 3. The van der Waals surface area contributed by atoms with Gasteiger partial charge in [0.05, 0.1) is 6.21 Å². The molecule has 0 bridgehead atoms. The molecule has 166 valence electrons. The van der Waals surface area contributed by atoms with Crippen molar-refractivity contribution >= 4 is 12.3 Å². The summed E-state index contributed by atoms with van der Waals surface area (Å²) in [5, 5.41) is 5.54. The molecule has 0 atom stereocenters. The molecule has 0 aliphatic carbocycles. The second kappa shape index (κ2) is 13.1. The maximum absolute atomic E-state index is 11.8. The molecule has 0 spiro atoms. The molecular weight excluding hydrogens is 386 g/mol. The minimum Gasteiger partial charge on any atom is -0.490 e. The number of hydrogen-bond donors (Lipinski definition) is 3. The van der Waals surface area contributed by atoms with Crippen molar-refractivity contribution in [2.45, 2.75) is 46.1 Å². The van der Waals surface area contributed by atoms with E-state index in [1.54, 1.807) is 45.3 Å². The van der Waals surface area contributed by atoms with Crippen LogP contribution in [0.3, 0.4) is 0 Å². The number of allylic oxidation sites excluding steroid dienone is 1. The van der Waals surface area contributed by atoms with Crippen molar-refractivity contribution in [3.63, 3.8) is 0 Å². The molecule has 30 heavy (non-hydrogen) atoms. The van der Waals surface area contributed by atoms with E-state index in [-0.39, 0.29) is 12.4 Å². The fraction of sp³-hybridized carbons (Fsp3) is 0.476. The number of nitrogens with two attached hydrogens (primary N) is 1. The summed E-state index contributed by atoms with van der Waals surface area (Å²) < 4.78 is 16.4. The first-order chi connectivity index (χ1) is 14.2. The highest BCUT2D eigenvalue weighted by Crippen LogP contribution is 2.08. The second-order valence-electron chi connectivity index (χ2n) is 7.27. The van der Waals surface area contributed by atoms with E-state index in [1.165, 1.54) is 6.21 Å². The number of aliphatic imine (C=N–C) groups is 1. The summed E-state index contributed by atoms with van der Waals surface area (Å²) in [6.07, 6.45) is 6.03. The molecule has 9 heteroatoms. The number of rotatable bonds is 12. The molecule has 0 saturated heterocycles. The monoisotopic (exact) mass is 419 g/mol. The fourth-order valence-electron chi connectivity index (χ4n) is 2.01. The third-order valence-electron chi connectivity index (χ3n) is 3.35. The summed E-state index contributed by atoms with van der Waals surface area (Å²) in [6.45, 7) is 12.3. The number of hydrogen-bond acceptors (Lipinski definition) is 8. The number of nitrogens with zero attached hydrogens (tertiary/aromatic N) is 2. The third-order valence-corrected chi connectivity index (χ3v) is 3.35. The standard InChI is InChI=1S/C21H33N5O4/c1-6-7-10-24-19(22)18(29-14-13-28-17-8-11-23-12-9-17)15-25-16(2)26-20(27)30-21(3,4)5/h8-9,11-12,15,24H,2,6-7,10,13-14,22H2,1,3-5H3,(H,26,27)/b19-18-,25-15-. The summed E-state index contributed by atoms with van der Waals surface area (Å²) >= 11 is 0. The Morgan fingerprint density at radius 2 is 2.00 bits per heavy atom. The Hall–Kier alpha value is -3.23. The number of carbonyl (C=O) groups excluding carboxylic acids is 1.